The monoisotopic (exact) mass is 686 g/mol. The van der Waals surface area contributed by atoms with E-state index >= 15 is 0 Å². The molecule has 0 aliphatic carbocycles. The molecule has 2 aliphatic rings. The largest absolute Gasteiger partial charge is 0.415 e. The van der Waals surface area contributed by atoms with Crippen molar-refractivity contribution in [1.82, 2.24) is 0 Å². The van der Waals surface area contributed by atoms with Crippen molar-refractivity contribution in [2.45, 2.75) is 199 Å². The topological polar surface area (TPSA) is 77.4 Å². The van der Waals surface area contributed by atoms with E-state index in [1.165, 1.54) is 0 Å². The second kappa shape index (κ2) is 16.7. The van der Waals surface area contributed by atoms with Crippen LogP contribution >= 0.6 is 0 Å². The van der Waals surface area contributed by atoms with Crippen molar-refractivity contribution in [3.05, 3.63) is 11.6 Å². The predicted molar refractivity (Wildman–Crippen MR) is 198 cm³/mol. The Morgan fingerprint density at radius 1 is 0.844 bits per heavy atom. The van der Waals surface area contributed by atoms with Gasteiger partial charge in [-0.1, -0.05) is 96.1 Å². The van der Waals surface area contributed by atoms with Crippen LogP contribution in [0.2, 0.25) is 52.9 Å². The zero-order valence-corrected chi connectivity index (χ0v) is 34.9. The van der Waals surface area contributed by atoms with Crippen molar-refractivity contribution >= 4 is 25.0 Å². The van der Waals surface area contributed by atoms with Gasteiger partial charge in [-0.2, -0.15) is 0 Å². The molecule has 2 bridgehead atoms. The van der Waals surface area contributed by atoms with Crippen LogP contribution in [0, 0.1) is 5.92 Å². The molecule has 0 spiro atoms. The molecule has 0 unspecified atom stereocenters. The first-order chi connectivity index (χ1) is 21.0. The zero-order chi connectivity index (χ0) is 34.4. The zero-order valence-electron chi connectivity index (χ0n) is 31.9. The van der Waals surface area contributed by atoms with E-state index in [1.807, 2.05) is 0 Å². The lowest BCUT2D eigenvalue weighted by Gasteiger charge is -2.53. The van der Waals surface area contributed by atoms with Gasteiger partial charge in [0.25, 0.3) is 0 Å². The second-order valence-electron chi connectivity index (χ2n) is 15.8. The third-order valence-electron chi connectivity index (χ3n) is 12.5. The van der Waals surface area contributed by atoms with Crippen LogP contribution in [0.5, 0.6) is 0 Å². The van der Waals surface area contributed by atoms with Gasteiger partial charge < -0.3 is 28.2 Å². The van der Waals surface area contributed by atoms with Gasteiger partial charge in [-0.25, -0.2) is 0 Å². The molecule has 0 amide bonds. The number of ether oxygens (including phenoxy) is 1. The number of rotatable bonds is 18. The van der Waals surface area contributed by atoms with Gasteiger partial charge in [0.1, 0.15) is 11.7 Å². The number of hydrogen-bond donors (Lipinski definition) is 2. The molecule has 1 fully saturated rings. The Labute approximate surface area is 281 Å². The van der Waals surface area contributed by atoms with E-state index in [4.69, 9.17) is 18.0 Å². The molecule has 0 saturated carbocycles. The molecular formula is C36H74O6Si3. The van der Waals surface area contributed by atoms with E-state index in [0.29, 0.717) is 36.1 Å². The molecule has 266 valence electrons. The van der Waals surface area contributed by atoms with Gasteiger partial charge in [0, 0.05) is 18.9 Å². The van der Waals surface area contributed by atoms with Crippen LogP contribution in [-0.2, 0) is 18.0 Å². The lowest BCUT2D eigenvalue weighted by atomic mass is 9.76. The summed E-state index contributed by atoms with van der Waals surface area (Å²) in [7, 11) is -6.17. The molecule has 1 saturated heterocycles. The van der Waals surface area contributed by atoms with Crippen LogP contribution in [0.1, 0.15) is 116 Å². The molecule has 0 aromatic carbocycles. The van der Waals surface area contributed by atoms with E-state index in [0.717, 1.165) is 48.3 Å². The molecule has 0 aromatic rings. The molecule has 2 aliphatic heterocycles. The van der Waals surface area contributed by atoms with Crippen molar-refractivity contribution in [1.29, 1.82) is 0 Å². The summed E-state index contributed by atoms with van der Waals surface area (Å²) in [6.07, 6.45) is 3.07. The first-order valence-corrected chi connectivity index (χ1v) is 25.9. The summed E-state index contributed by atoms with van der Waals surface area (Å²) in [6.45, 7) is 32.6. The van der Waals surface area contributed by atoms with Gasteiger partial charge in [0.2, 0.25) is 0 Å². The molecule has 2 rings (SSSR count). The number of hydrogen-bond acceptors (Lipinski definition) is 6. The molecule has 9 heteroatoms. The van der Waals surface area contributed by atoms with Gasteiger partial charge in [-0.15, -0.1) is 0 Å². The van der Waals surface area contributed by atoms with E-state index in [1.54, 1.807) is 0 Å². The fraction of sp³-hybridized carbons (Fsp3) is 0.944. The van der Waals surface area contributed by atoms with Gasteiger partial charge in [-0.3, -0.25) is 0 Å². The fourth-order valence-electron chi connectivity index (χ4n) is 8.93. The summed E-state index contributed by atoms with van der Waals surface area (Å²) in [5.74, 6) is 0.0650. The Kier molecular flexibility index (Phi) is 15.3. The van der Waals surface area contributed by atoms with Gasteiger partial charge >= 0.3 is 0 Å². The maximum Gasteiger partial charge on any atom is 0.200 e. The lowest BCUT2D eigenvalue weighted by molar-refractivity contribution is -0.216. The van der Waals surface area contributed by atoms with Crippen molar-refractivity contribution in [3.63, 3.8) is 0 Å². The normalized spacial score (nSPS) is 30.4. The van der Waals surface area contributed by atoms with E-state index in [-0.39, 0.29) is 24.7 Å². The van der Waals surface area contributed by atoms with E-state index < -0.39 is 42.3 Å². The van der Waals surface area contributed by atoms with Crippen LogP contribution in [0.15, 0.2) is 11.6 Å². The third-order valence-corrected chi connectivity index (χ3v) is 28.0. The summed E-state index contributed by atoms with van der Waals surface area (Å²) in [4.78, 5) is 0. The first kappa shape index (κ1) is 41.3. The van der Waals surface area contributed by atoms with Crippen molar-refractivity contribution in [2.75, 3.05) is 13.2 Å². The highest BCUT2D eigenvalue weighted by molar-refractivity contribution is 6.77. The van der Waals surface area contributed by atoms with Crippen molar-refractivity contribution < 1.29 is 28.2 Å². The summed E-state index contributed by atoms with van der Waals surface area (Å²) >= 11 is 0. The summed E-state index contributed by atoms with van der Waals surface area (Å²) in [5, 5.41) is 22.3. The number of aliphatic hydroxyl groups is 2. The maximum absolute atomic E-state index is 11.8. The SMILES string of the molecule is CC[Si](CC)(CC)O[C@H]1C[C@@](C)(O[Si](CC)(CC)CC)[C@H]2CC[C@@](O)(CO)[C@@H](/C=C\1[C@H](C)CO[Si](C(C)C)(C(C)C)C(C)C)O2. The highest BCUT2D eigenvalue weighted by Gasteiger charge is 2.54. The highest BCUT2D eigenvalue weighted by atomic mass is 28.4. The van der Waals surface area contributed by atoms with Crippen LogP contribution < -0.4 is 0 Å². The first-order valence-electron chi connectivity index (χ1n) is 18.7. The summed E-state index contributed by atoms with van der Waals surface area (Å²) in [6, 6.07) is 6.39. The number of fused-ring (bicyclic) bond motifs is 2. The van der Waals surface area contributed by atoms with Crippen LogP contribution in [0.4, 0.5) is 0 Å². The molecule has 0 aromatic heterocycles. The highest BCUT2D eigenvalue weighted by Crippen LogP contribution is 2.47. The Balaban J connectivity index is 2.77. The molecule has 45 heavy (non-hydrogen) atoms. The Morgan fingerprint density at radius 2 is 1.33 bits per heavy atom. The summed E-state index contributed by atoms with van der Waals surface area (Å²) in [5.41, 5.74) is 0.758. The summed E-state index contributed by atoms with van der Waals surface area (Å²) < 4.78 is 29.0. The van der Waals surface area contributed by atoms with Crippen LogP contribution in [0.3, 0.4) is 0 Å². The lowest BCUT2D eigenvalue weighted by Crippen LogP contribution is -2.62. The fourth-order valence-corrected chi connectivity index (χ4v) is 20.4. The maximum atomic E-state index is 11.8. The van der Waals surface area contributed by atoms with Crippen molar-refractivity contribution in [3.8, 4) is 0 Å². The molecular weight excluding hydrogens is 613 g/mol. The third kappa shape index (κ3) is 8.66. The predicted octanol–water partition coefficient (Wildman–Crippen LogP) is 9.59. The van der Waals surface area contributed by atoms with Gasteiger partial charge in [0.05, 0.1) is 24.4 Å². The molecule has 2 heterocycles. The minimum absolute atomic E-state index is 0.0650. The average molecular weight is 687 g/mol. The molecule has 2 N–H and O–H groups in total. The minimum atomic E-state index is -2.10. The minimum Gasteiger partial charge on any atom is -0.415 e. The Bertz CT molecular complexity index is 895. The van der Waals surface area contributed by atoms with E-state index in [9.17, 15) is 10.2 Å². The van der Waals surface area contributed by atoms with Gasteiger partial charge in [-0.05, 0) is 78.2 Å². The smallest absolute Gasteiger partial charge is 0.200 e. The standard InChI is InChI=1S/C36H74O6Si3/c1-15-43(16-2,17-3)41-32-24-35(14,42-44(18-4,19-5)20-6)33-21-22-36(38,26-37)34(40-33)23-31(32)30(13)25-39-45(27(7)8,28(9)10)29(11)12/h23,27-30,32-34,37-38H,15-22,24-26H2,1-14H3/b31-23-/t30-,32+,33-,34-,35-,36-/m1/s1. The average Bonchev–Trinajstić information content (AvgIpc) is 3.00. The molecule has 6 atom stereocenters. The Hall–Kier alpha value is 0.151. The van der Waals surface area contributed by atoms with Crippen LogP contribution in [0.25, 0.3) is 0 Å². The second-order valence-corrected chi connectivity index (χ2v) is 30.6. The number of aliphatic hydroxyl groups excluding tert-OH is 1. The quantitative estimate of drug-likeness (QED) is 0.110. The Morgan fingerprint density at radius 3 is 1.76 bits per heavy atom. The molecule has 6 nitrogen and oxygen atoms in total. The van der Waals surface area contributed by atoms with E-state index in [2.05, 4.69) is 103 Å². The molecule has 0 radical (unpaired) electrons. The van der Waals surface area contributed by atoms with Crippen molar-refractivity contribution in [2.24, 2.45) is 5.92 Å². The van der Waals surface area contributed by atoms with Gasteiger partial charge in [0.15, 0.2) is 25.0 Å². The van der Waals surface area contributed by atoms with Crippen LogP contribution in [-0.4, -0.2) is 77.9 Å².